The van der Waals surface area contributed by atoms with E-state index in [2.05, 4.69) is 45.4 Å². The van der Waals surface area contributed by atoms with Crippen LogP contribution < -0.4 is 4.74 Å². The normalized spacial score (nSPS) is 10.9. The highest BCUT2D eigenvalue weighted by Gasteiger charge is 2.01. The SMILES string of the molecule is CN(CCOc1cccc(Br)c1)CCc1cccs1. The number of nitrogens with zero attached hydrogens (tertiary/aromatic N) is 1. The zero-order valence-electron chi connectivity index (χ0n) is 11.0. The number of likely N-dealkylation sites (N-methyl/N-ethyl adjacent to an activating group) is 1. The first-order valence-electron chi connectivity index (χ1n) is 6.33. The molecular weight excluding hydrogens is 322 g/mol. The summed E-state index contributed by atoms with van der Waals surface area (Å²) in [4.78, 5) is 3.75. The maximum absolute atomic E-state index is 5.73. The lowest BCUT2D eigenvalue weighted by atomic mass is 10.3. The highest BCUT2D eigenvalue weighted by Crippen LogP contribution is 2.17. The number of halogens is 1. The van der Waals surface area contributed by atoms with Gasteiger partial charge in [-0.2, -0.15) is 0 Å². The Bertz CT molecular complexity index is 487. The van der Waals surface area contributed by atoms with Crippen molar-refractivity contribution in [2.45, 2.75) is 6.42 Å². The molecule has 0 radical (unpaired) electrons. The smallest absolute Gasteiger partial charge is 0.120 e. The quantitative estimate of drug-likeness (QED) is 0.754. The van der Waals surface area contributed by atoms with Gasteiger partial charge >= 0.3 is 0 Å². The van der Waals surface area contributed by atoms with Crippen LogP contribution in [0.15, 0.2) is 46.3 Å². The fourth-order valence-electron chi connectivity index (χ4n) is 1.74. The van der Waals surface area contributed by atoms with Crippen molar-refractivity contribution in [1.82, 2.24) is 4.90 Å². The van der Waals surface area contributed by atoms with Crippen molar-refractivity contribution in [3.8, 4) is 5.75 Å². The third-order valence-electron chi connectivity index (χ3n) is 2.86. The molecule has 0 aliphatic carbocycles. The Hall–Kier alpha value is -0.840. The number of rotatable bonds is 7. The summed E-state index contributed by atoms with van der Waals surface area (Å²) in [6.45, 7) is 2.73. The van der Waals surface area contributed by atoms with Gasteiger partial charge < -0.3 is 9.64 Å². The summed E-state index contributed by atoms with van der Waals surface area (Å²) >= 11 is 5.26. The van der Waals surface area contributed by atoms with E-state index in [0.29, 0.717) is 0 Å². The zero-order valence-corrected chi connectivity index (χ0v) is 13.4. The number of hydrogen-bond acceptors (Lipinski definition) is 3. The number of benzene rings is 1. The molecule has 0 saturated carbocycles. The molecule has 0 N–H and O–H groups in total. The summed E-state index contributed by atoms with van der Waals surface area (Å²) in [7, 11) is 2.14. The van der Waals surface area contributed by atoms with Crippen molar-refractivity contribution in [3.63, 3.8) is 0 Å². The van der Waals surface area contributed by atoms with E-state index >= 15 is 0 Å². The molecule has 1 aromatic heterocycles. The monoisotopic (exact) mass is 339 g/mol. The lowest BCUT2D eigenvalue weighted by Gasteiger charge is -2.16. The molecule has 0 aliphatic rings. The van der Waals surface area contributed by atoms with Crippen molar-refractivity contribution in [2.75, 3.05) is 26.7 Å². The van der Waals surface area contributed by atoms with Crippen LogP contribution in [0.25, 0.3) is 0 Å². The van der Waals surface area contributed by atoms with Gasteiger partial charge in [0.2, 0.25) is 0 Å². The van der Waals surface area contributed by atoms with Gasteiger partial charge in [0.05, 0.1) is 0 Å². The molecule has 1 aromatic carbocycles. The largest absolute Gasteiger partial charge is 0.492 e. The van der Waals surface area contributed by atoms with E-state index in [1.807, 2.05) is 35.6 Å². The van der Waals surface area contributed by atoms with Crippen molar-refractivity contribution in [3.05, 3.63) is 51.1 Å². The molecule has 4 heteroatoms. The van der Waals surface area contributed by atoms with E-state index in [9.17, 15) is 0 Å². The second-order valence-electron chi connectivity index (χ2n) is 4.44. The molecule has 2 rings (SSSR count). The van der Waals surface area contributed by atoms with Gasteiger partial charge in [-0.25, -0.2) is 0 Å². The van der Waals surface area contributed by atoms with Crippen molar-refractivity contribution in [2.24, 2.45) is 0 Å². The van der Waals surface area contributed by atoms with Crippen LogP contribution in [0.5, 0.6) is 5.75 Å². The van der Waals surface area contributed by atoms with Crippen LogP contribution in [-0.4, -0.2) is 31.6 Å². The van der Waals surface area contributed by atoms with Crippen LogP contribution in [0, 0.1) is 0 Å². The average molecular weight is 340 g/mol. The fraction of sp³-hybridized carbons (Fsp3) is 0.333. The average Bonchev–Trinajstić information content (AvgIpc) is 2.89. The molecular formula is C15H18BrNOS. The Morgan fingerprint density at radius 2 is 2.11 bits per heavy atom. The Labute approximate surface area is 127 Å². The minimum absolute atomic E-state index is 0.720. The van der Waals surface area contributed by atoms with Crippen molar-refractivity contribution >= 4 is 27.3 Å². The van der Waals surface area contributed by atoms with E-state index in [-0.39, 0.29) is 0 Å². The molecule has 102 valence electrons. The van der Waals surface area contributed by atoms with E-state index < -0.39 is 0 Å². The van der Waals surface area contributed by atoms with Gasteiger partial charge in [-0.15, -0.1) is 11.3 Å². The van der Waals surface area contributed by atoms with Crippen LogP contribution in [0.1, 0.15) is 4.88 Å². The Morgan fingerprint density at radius 3 is 2.84 bits per heavy atom. The Morgan fingerprint density at radius 1 is 1.21 bits per heavy atom. The van der Waals surface area contributed by atoms with Gasteiger partial charge in [-0.1, -0.05) is 28.1 Å². The van der Waals surface area contributed by atoms with E-state index in [1.165, 1.54) is 4.88 Å². The van der Waals surface area contributed by atoms with E-state index in [4.69, 9.17) is 4.74 Å². The Balaban J connectivity index is 1.65. The molecule has 0 unspecified atom stereocenters. The minimum Gasteiger partial charge on any atom is -0.492 e. The molecule has 0 amide bonds. The molecule has 1 heterocycles. The first-order chi connectivity index (χ1) is 9.24. The van der Waals surface area contributed by atoms with Gasteiger partial charge in [-0.3, -0.25) is 0 Å². The summed E-state index contributed by atoms with van der Waals surface area (Å²) in [6.07, 6.45) is 1.12. The molecule has 0 atom stereocenters. The summed E-state index contributed by atoms with van der Waals surface area (Å²) in [5, 5.41) is 2.13. The third kappa shape index (κ3) is 5.35. The summed E-state index contributed by atoms with van der Waals surface area (Å²) in [6, 6.07) is 12.3. The van der Waals surface area contributed by atoms with E-state index in [1.54, 1.807) is 0 Å². The number of ether oxygens (including phenoxy) is 1. The van der Waals surface area contributed by atoms with Gasteiger partial charge in [0, 0.05) is 22.4 Å². The maximum atomic E-state index is 5.73. The summed E-state index contributed by atoms with van der Waals surface area (Å²) in [5.41, 5.74) is 0. The molecule has 2 aromatic rings. The van der Waals surface area contributed by atoms with Gasteiger partial charge in [0.15, 0.2) is 0 Å². The summed E-state index contributed by atoms with van der Waals surface area (Å²) < 4.78 is 6.78. The highest BCUT2D eigenvalue weighted by atomic mass is 79.9. The fourth-order valence-corrected chi connectivity index (χ4v) is 2.82. The predicted molar refractivity (Wildman–Crippen MR) is 85.2 cm³/mol. The summed E-state index contributed by atoms with van der Waals surface area (Å²) in [5.74, 6) is 0.918. The maximum Gasteiger partial charge on any atom is 0.120 e. The Kier molecular flexibility index (Phi) is 5.89. The predicted octanol–water partition coefficient (Wildman–Crippen LogP) is 4.06. The molecule has 0 spiro atoms. The molecule has 0 bridgehead atoms. The van der Waals surface area contributed by atoms with Crippen LogP contribution in [0.4, 0.5) is 0 Å². The molecule has 0 aliphatic heterocycles. The molecule has 0 saturated heterocycles. The standard InChI is InChI=1S/C15H18BrNOS/c1-17(8-7-15-6-3-11-19-15)9-10-18-14-5-2-4-13(16)12-14/h2-6,11-12H,7-10H2,1H3. The molecule has 19 heavy (non-hydrogen) atoms. The number of thiophene rings is 1. The van der Waals surface area contributed by atoms with Crippen LogP contribution in [-0.2, 0) is 6.42 Å². The second-order valence-corrected chi connectivity index (χ2v) is 6.39. The second kappa shape index (κ2) is 7.68. The van der Waals surface area contributed by atoms with Gasteiger partial charge in [0.25, 0.3) is 0 Å². The first-order valence-corrected chi connectivity index (χ1v) is 8.00. The zero-order chi connectivity index (χ0) is 13.5. The lowest BCUT2D eigenvalue weighted by Crippen LogP contribution is -2.26. The van der Waals surface area contributed by atoms with Crippen molar-refractivity contribution < 1.29 is 4.74 Å². The lowest BCUT2D eigenvalue weighted by molar-refractivity contribution is 0.239. The topological polar surface area (TPSA) is 12.5 Å². The van der Waals surface area contributed by atoms with Crippen LogP contribution in [0.3, 0.4) is 0 Å². The minimum atomic E-state index is 0.720. The van der Waals surface area contributed by atoms with Crippen LogP contribution in [0.2, 0.25) is 0 Å². The van der Waals surface area contributed by atoms with Crippen LogP contribution >= 0.6 is 27.3 Å². The molecule has 2 nitrogen and oxygen atoms in total. The van der Waals surface area contributed by atoms with E-state index in [0.717, 1.165) is 36.3 Å². The van der Waals surface area contributed by atoms with Gasteiger partial charge in [0.1, 0.15) is 12.4 Å². The number of hydrogen-bond donors (Lipinski definition) is 0. The van der Waals surface area contributed by atoms with Gasteiger partial charge in [-0.05, 0) is 43.1 Å². The first kappa shape index (κ1) is 14.6. The molecule has 0 fully saturated rings. The third-order valence-corrected chi connectivity index (χ3v) is 4.29. The van der Waals surface area contributed by atoms with Crippen molar-refractivity contribution in [1.29, 1.82) is 0 Å². The highest BCUT2D eigenvalue weighted by molar-refractivity contribution is 9.10.